The van der Waals surface area contributed by atoms with Gasteiger partial charge < -0.3 is 15.7 Å². The molecule has 0 radical (unpaired) electrons. The van der Waals surface area contributed by atoms with Crippen LogP contribution in [0.1, 0.15) is 24.1 Å². The smallest absolute Gasteiger partial charge is 0.239 e. The standard InChI is InChI=1S/C13H18N2O3/c1-9-4-3-5-11(6-9)12(8-16)15-13(18)7-14-10(2)17/h3-6,12,16H,7-8H2,1-2H3,(H,14,17)(H,15,18)/t12-/m1/s1. The zero-order chi connectivity index (χ0) is 13.5. The fourth-order valence-corrected chi connectivity index (χ4v) is 1.57. The van der Waals surface area contributed by atoms with Gasteiger partial charge in [-0.2, -0.15) is 0 Å². The first-order chi connectivity index (χ1) is 8.52. The lowest BCUT2D eigenvalue weighted by molar-refractivity contribution is -0.125. The summed E-state index contributed by atoms with van der Waals surface area (Å²) in [5.74, 6) is -0.591. The number of aliphatic hydroxyl groups excluding tert-OH is 1. The van der Waals surface area contributed by atoms with Crippen molar-refractivity contribution in [3.63, 3.8) is 0 Å². The van der Waals surface area contributed by atoms with Crippen molar-refractivity contribution >= 4 is 11.8 Å². The van der Waals surface area contributed by atoms with Crippen molar-refractivity contribution in [2.45, 2.75) is 19.9 Å². The minimum absolute atomic E-state index is 0.0857. The van der Waals surface area contributed by atoms with Crippen LogP contribution in [0.3, 0.4) is 0 Å². The molecule has 0 aromatic heterocycles. The van der Waals surface area contributed by atoms with Gasteiger partial charge in [0.2, 0.25) is 11.8 Å². The Bertz CT molecular complexity index is 432. The van der Waals surface area contributed by atoms with Gasteiger partial charge in [0.25, 0.3) is 0 Å². The highest BCUT2D eigenvalue weighted by atomic mass is 16.3. The van der Waals surface area contributed by atoms with E-state index in [0.29, 0.717) is 0 Å². The first-order valence-corrected chi connectivity index (χ1v) is 5.74. The zero-order valence-corrected chi connectivity index (χ0v) is 10.6. The number of aryl methyl sites for hydroxylation is 1. The highest BCUT2D eigenvalue weighted by Gasteiger charge is 2.13. The molecule has 2 amide bonds. The summed E-state index contributed by atoms with van der Waals surface area (Å²) in [6.45, 7) is 3.02. The molecule has 1 aromatic carbocycles. The number of benzene rings is 1. The number of amides is 2. The molecule has 3 N–H and O–H groups in total. The van der Waals surface area contributed by atoms with Crippen LogP contribution < -0.4 is 10.6 Å². The number of hydrogen-bond acceptors (Lipinski definition) is 3. The third-order valence-electron chi connectivity index (χ3n) is 2.46. The Morgan fingerprint density at radius 1 is 1.39 bits per heavy atom. The summed E-state index contributed by atoms with van der Waals surface area (Å²) in [4.78, 5) is 22.2. The maximum atomic E-state index is 11.5. The van der Waals surface area contributed by atoms with E-state index in [9.17, 15) is 14.7 Å². The number of rotatable bonds is 5. The summed E-state index contributed by atoms with van der Waals surface area (Å²) in [5, 5.41) is 14.4. The van der Waals surface area contributed by atoms with Gasteiger partial charge in [-0.1, -0.05) is 29.8 Å². The molecule has 1 atom stereocenters. The van der Waals surface area contributed by atoms with Gasteiger partial charge in [0.15, 0.2) is 0 Å². The van der Waals surface area contributed by atoms with Crippen LogP contribution in [0.25, 0.3) is 0 Å². The van der Waals surface area contributed by atoms with Crippen molar-refractivity contribution in [2.75, 3.05) is 13.2 Å². The van der Waals surface area contributed by atoms with Gasteiger partial charge in [-0.25, -0.2) is 0 Å². The molecular weight excluding hydrogens is 232 g/mol. The predicted octanol–water partition coefficient (Wildman–Crippen LogP) is 0.281. The Hall–Kier alpha value is -1.88. The van der Waals surface area contributed by atoms with Crippen molar-refractivity contribution in [2.24, 2.45) is 0 Å². The van der Waals surface area contributed by atoms with E-state index >= 15 is 0 Å². The van der Waals surface area contributed by atoms with Crippen LogP contribution in [0.2, 0.25) is 0 Å². The molecule has 0 saturated carbocycles. The Labute approximate surface area is 106 Å². The van der Waals surface area contributed by atoms with E-state index in [4.69, 9.17) is 0 Å². The number of nitrogens with one attached hydrogen (secondary N) is 2. The molecule has 0 heterocycles. The number of carbonyl (C=O) groups excluding carboxylic acids is 2. The van der Waals surface area contributed by atoms with Crippen molar-refractivity contribution in [3.05, 3.63) is 35.4 Å². The molecular formula is C13H18N2O3. The third-order valence-corrected chi connectivity index (χ3v) is 2.46. The molecule has 0 spiro atoms. The molecule has 0 bridgehead atoms. The Kier molecular flexibility index (Phi) is 5.32. The van der Waals surface area contributed by atoms with Crippen molar-refractivity contribution in [1.29, 1.82) is 0 Å². The Morgan fingerprint density at radius 2 is 2.11 bits per heavy atom. The summed E-state index contributed by atoms with van der Waals surface area (Å²) in [7, 11) is 0. The quantitative estimate of drug-likeness (QED) is 0.702. The second kappa shape index (κ2) is 6.76. The van der Waals surface area contributed by atoms with Gasteiger partial charge in [0, 0.05) is 6.92 Å². The van der Waals surface area contributed by atoms with Gasteiger partial charge in [-0.3, -0.25) is 9.59 Å². The average molecular weight is 250 g/mol. The van der Waals surface area contributed by atoms with Crippen LogP contribution in [0.5, 0.6) is 0 Å². The summed E-state index contributed by atoms with van der Waals surface area (Å²) < 4.78 is 0. The van der Waals surface area contributed by atoms with Gasteiger partial charge in [0.05, 0.1) is 19.2 Å². The minimum atomic E-state index is -0.453. The SMILES string of the molecule is CC(=O)NCC(=O)N[C@H](CO)c1cccc(C)c1. The Balaban J connectivity index is 2.62. The number of carbonyl (C=O) groups is 2. The second-order valence-electron chi connectivity index (χ2n) is 4.13. The van der Waals surface area contributed by atoms with E-state index in [2.05, 4.69) is 10.6 Å². The fraction of sp³-hybridized carbons (Fsp3) is 0.385. The molecule has 0 aliphatic rings. The topological polar surface area (TPSA) is 78.4 Å². The lowest BCUT2D eigenvalue weighted by atomic mass is 10.1. The fourth-order valence-electron chi connectivity index (χ4n) is 1.57. The van der Waals surface area contributed by atoms with Crippen LogP contribution in [-0.2, 0) is 9.59 Å². The van der Waals surface area contributed by atoms with E-state index < -0.39 is 6.04 Å². The molecule has 1 aromatic rings. The molecule has 0 unspecified atom stereocenters. The molecule has 5 nitrogen and oxygen atoms in total. The van der Waals surface area contributed by atoms with Crippen LogP contribution in [0.4, 0.5) is 0 Å². The van der Waals surface area contributed by atoms with E-state index in [0.717, 1.165) is 11.1 Å². The molecule has 0 fully saturated rings. The van der Waals surface area contributed by atoms with Gasteiger partial charge >= 0.3 is 0 Å². The number of aliphatic hydroxyl groups is 1. The maximum Gasteiger partial charge on any atom is 0.239 e. The van der Waals surface area contributed by atoms with Crippen molar-refractivity contribution in [3.8, 4) is 0 Å². The Morgan fingerprint density at radius 3 is 2.67 bits per heavy atom. The summed E-state index contributed by atoms with van der Waals surface area (Å²) in [5.41, 5.74) is 1.90. The first kappa shape index (κ1) is 14.2. The molecule has 98 valence electrons. The van der Waals surface area contributed by atoms with Crippen LogP contribution in [0, 0.1) is 6.92 Å². The van der Waals surface area contributed by atoms with E-state index in [1.54, 1.807) is 0 Å². The maximum absolute atomic E-state index is 11.5. The first-order valence-electron chi connectivity index (χ1n) is 5.74. The average Bonchev–Trinajstić information content (AvgIpc) is 2.33. The van der Waals surface area contributed by atoms with Crippen molar-refractivity contribution < 1.29 is 14.7 Å². The normalized spacial score (nSPS) is 11.7. The summed E-state index contributed by atoms with van der Waals surface area (Å²) in [6, 6.07) is 7.10. The number of hydrogen-bond donors (Lipinski definition) is 3. The minimum Gasteiger partial charge on any atom is -0.394 e. The highest BCUT2D eigenvalue weighted by molar-refractivity contribution is 5.83. The zero-order valence-electron chi connectivity index (χ0n) is 10.6. The molecule has 0 saturated heterocycles. The molecule has 5 heteroatoms. The molecule has 0 aliphatic carbocycles. The largest absolute Gasteiger partial charge is 0.394 e. The summed E-state index contributed by atoms with van der Waals surface area (Å²) >= 11 is 0. The van der Waals surface area contributed by atoms with E-state index in [1.165, 1.54) is 6.92 Å². The molecule has 1 rings (SSSR count). The van der Waals surface area contributed by atoms with E-state index in [1.807, 2.05) is 31.2 Å². The lowest BCUT2D eigenvalue weighted by Crippen LogP contribution is -2.39. The van der Waals surface area contributed by atoms with Crippen molar-refractivity contribution in [1.82, 2.24) is 10.6 Å². The molecule has 18 heavy (non-hydrogen) atoms. The van der Waals surface area contributed by atoms with Gasteiger partial charge in [-0.05, 0) is 12.5 Å². The monoisotopic (exact) mass is 250 g/mol. The predicted molar refractivity (Wildman–Crippen MR) is 67.8 cm³/mol. The lowest BCUT2D eigenvalue weighted by Gasteiger charge is -2.17. The van der Waals surface area contributed by atoms with E-state index in [-0.39, 0.29) is 25.0 Å². The van der Waals surface area contributed by atoms with Crippen LogP contribution >= 0.6 is 0 Å². The van der Waals surface area contributed by atoms with Crippen LogP contribution in [-0.4, -0.2) is 30.1 Å². The van der Waals surface area contributed by atoms with Gasteiger partial charge in [0.1, 0.15) is 0 Å². The second-order valence-corrected chi connectivity index (χ2v) is 4.13. The molecule has 0 aliphatic heterocycles. The van der Waals surface area contributed by atoms with Gasteiger partial charge in [-0.15, -0.1) is 0 Å². The van der Waals surface area contributed by atoms with Crippen LogP contribution in [0.15, 0.2) is 24.3 Å². The summed E-state index contributed by atoms with van der Waals surface area (Å²) in [6.07, 6.45) is 0. The third kappa shape index (κ3) is 4.55. The highest BCUT2D eigenvalue weighted by Crippen LogP contribution is 2.13.